The summed E-state index contributed by atoms with van der Waals surface area (Å²) in [6.45, 7) is 3.52. The van der Waals surface area contributed by atoms with Gasteiger partial charge in [-0.2, -0.15) is 0 Å². The first kappa shape index (κ1) is 14.6. The van der Waals surface area contributed by atoms with E-state index >= 15 is 0 Å². The van der Waals surface area contributed by atoms with Gasteiger partial charge in [-0.15, -0.1) is 0 Å². The van der Waals surface area contributed by atoms with E-state index in [0.29, 0.717) is 6.42 Å². The van der Waals surface area contributed by atoms with Gasteiger partial charge in [-0.05, 0) is 32.1 Å². The fourth-order valence-corrected chi connectivity index (χ4v) is 3.54. The molecule has 2 unspecified atom stereocenters. The molecule has 0 aromatic rings. The lowest BCUT2D eigenvalue weighted by atomic mass is 9.86. The van der Waals surface area contributed by atoms with Crippen LogP contribution in [0.2, 0.25) is 0 Å². The van der Waals surface area contributed by atoms with Crippen molar-refractivity contribution in [2.45, 2.75) is 50.6 Å². The monoisotopic (exact) mass is 295 g/mol. The minimum Gasteiger partial charge on any atom is -0.481 e. The molecule has 2 atom stereocenters. The molecule has 2 saturated carbocycles. The molecule has 2 aliphatic carbocycles. The molecule has 0 aromatic carbocycles. The van der Waals surface area contributed by atoms with Crippen LogP contribution in [0.1, 0.15) is 38.5 Å². The molecule has 1 saturated heterocycles. The molecule has 21 heavy (non-hydrogen) atoms. The van der Waals surface area contributed by atoms with Gasteiger partial charge in [0.1, 0.15) is 0 Å². The number of hydrogen-bond donors (Lipinski definition) is 2. The Morgan fingerprint density at radius 3 is 2.33 bits per heavy atom. The van der Waals surface area contributed by atoms with E-state index in [1.54, 1.807) is 0 Å². The van der Waals surface area contributed by atoms with Gasteiger partial charge in [-0.3, -0.25) is 9.69 Å². The summed E-state index contributed by atoms with van der Waals surface area (Å²) in [6, 6.07) is 0.778. The molecule has 6 nitrogen and oxygen atoms in total. The Hall–Kier alpha value is -1.30. The number of rotatable bonds is 3. The lowest BCUT2D eigenvalue weighted by Gasteiger charge is -2.36. The third-order valence-electron chi connectivity index (χ3n) is 5.02. The van der Waals surface area contributed by atoms with E-state index in [0.717, 1.165) is 51.5 Å². The van der Waals surface area contributed by atoms with Gasteiger partial charge in [0.2, 0.25) is 0 Å². The Bertz CT molecular complexity index is 403. The van der Waals surface area contributed by atoms with Gasteiger partial charge in [-0.25, -0.2) is 4.79 Å². The Labute approximate surface area is 125 Å². The first-order valence-corrected chi connectivity index (χ1v) is 8.16. The summed E-state index contributed by atoms with van der Waals surface area (Å²) >= 11 is 0. The smallest absolute Gasteiger partial charge is 0.317 e. The van der Waals surface area contributed by atoms with Gasteiger partial charge in [-0.1, -0.05) is 6.42 Å². The quantitative estimate of drug-likeness (QED) is 0.818. The van der Waals surface area contributed by atoms with Crippen LogP contribution in [0.4, 0.5) is 4.79 Å². The van der Waals surface area contributed by atoms with Gasteiger partial charge in [0.15, 0.2) is 0 Å². The van der Waals surface area contributed by atoms with E-state index in [4.69, 9.17) is 5.11 Å². The molecule has 0 radical (unpaired) electrons. The van der Waals surface area contributed by atoms with Crippen LogP contribution in [0, 0.1) is 5.92 Å². The van der Waals surface area contributed by atoms with E-state index in [-0.39, 0.29) is 18.0 Å². The molecule has 2 N–H and O–H groups in total. The number of hydrogen-bond acceptors (Lipinski definition) is 3. The number of nitrogens with zero attached hydrogens (tertiary/aromatic N) is 2. The van der Waals surface area contributed by atoms with E-state index in [1.807, 2.05) is 4.90 Å². The first-order chi connectivity index (χ1) is 10.1. The van der Waals surface area contributed by atoms with Gasteiger partial charge in [0.05, 0.1) is 5.92 Å². The molecule has 2 amide bonds. The number of carbonyl (C=O) groups excluding carboxylic acids is 1. The van der Waals surface area contributed by atoms with Crippen molar-refractivity contribution in [3.05, 3.63) is 0 Å². The predicted octanol–water partition coefficient (Wildman–Crippen LogP) is 1.12. The molecule has 118 valence electrons. The molecular formula is C15H25N3O3. The van der Waals surface area contributed by atoms with Crippen LogP contribution in [0.15, 0.2) is 0 Å². The lowest BCUT2D eigenvalue weighted by Crippen LogP contribution is -2.54. The number of carboxylic acid groups (broad SMARTS) is 1. The summed E-state index contributed by atoms with van der Waals surface area (Å²) in [7, 11) is 0. The molecule has 3 rings (SSSR count). The van der Waals surface area contributed by atoms with Crippen molar-refractivity contribution in [2.24, 2.45) is 5.92 Å². The normalized spacial score (nSPS) is 31.0. The maximum Gasteiger partial charge on any atom is 0.317 e. The lowest BCUT2D eigenvalue weighted by molar-refractivity contribution is -0.143. The number of amides is 2. The van der Waals surface area contributed by atoms with E-state index in [9.17, 15) is 9.59 Å². The maximum atomic E-state index is 12.3. The average Bonchev–Trinajstić information content (AvgIpc) is 3.32. The van der Waals surface area contributed by atoms with Crippen molar-refractivity contribution in [3.63, 3.8) is 0 Å². The molecule has 0 bridgehead atoms. The number of carbonyl (C=O) groups is 2. The highest BCUT2D eigenvalue weighted by molar-refractivity contribution is 5.75. The fourth-order valence-electron chi connectivity index (χ4n) is 3.54. The minimum absolute atomic E-state index is 0.0125. The second-order valence-corrected chi connectivity index (χ2v) is 6.60. The van der Waals surface area contributed by atoms with Crippen LogP contribution in [-0.4, -0.2) is 65.2 Å². The summed E-state index contributed by atoms with van der Waals surface area (Å²) in [5, 5.41) is 12.1. The zero-order valence-electron chi connectivity index (χ0n) is 12.5. The Morgan fingerprint density at radius 1 is 1.00 bits per heavy atom. The van der Waals surface area contributed by atoms with Crippen molar-refractivity contribution in [1.82, 2.24) is 15.1 Å². The fraction of sp³-hybridized carbons (Fsp3) is 0.867. The van der Waals surface area contributed by atoms with Crippen molar-refractivity contribution < 1.29 is 14.7 Å². The highest BCUT2D eigenvalue weighted by atomic mass is 16.4. The summed E-state index contributed by atoms with van der Waals surface area (Å²) in [5.41, 5.74) is 0. The topological polar surface area (TPSA) is 72.9 Å². The number of piperazine rings is 1. The second-order valence-electron chi connectivity index (χ2n) is 6.60. The van der Waals surface area contributed by atoms with Gasteiger partial charge >= 0.3 is 12.0 Å². The number of carboxylic acids is 1. The third-order valence-corrected chi connectivity index (χ3v) is 5.02. The van der Waals surface area contributed by atoms with E-state index < -0.39 is 5.97 Å². The zero-order chi connectivity index (χ0) is 14.8. The molecule has 3 fully saturated rings. The molecule has 0 aromatic heterocycles. The highest BCUT2D eigenvalue weighted by Gasteiger charge is 2.33. The molecule has 6 heteroatoms. The zero-order valence-corrected chi connectivity index (χ0v) is 12.5. The largest absolute Gasteiger partial charge is 0.481 e. The van der Waals surface area contributed by atoms with Crippen molar-refractivity contribution in [2.75, 3.05) is 26.2 Å². The minimum atomic E-state index is -0.730. The SMILES string of the molecule is O=C(O)C1CCCC(NC(=O)N2CCN(C3CC3)CC2)C1. The van der Waals surface area contributed by atoms with Crippen molar-refractivity contribution in [3.8, 4) is 0 Å². The van der Waals surface area contributed by atoms with Gasteiger partial charge in [0.25, 0.3) is 0 Å². The number of nitrogens with one attached hydrogen (secondary N) is 1. The Kier molecular flexibility index (Phi) is 4.33. The third kappa shape index (κ3) is 3.67. The standard InChI is InChI=1S/C15H25N3O3/c19-14(20)11-2-1-3-12(10-11)16-15(21)18-8-6-17(7-9-18)13-4-5-13/h11-13H,1-10H2,(H,16,21)(H,19,20). The summed E-state index contributed by atoms with van der Waals surface area (Å²) in [4.78, 5) is 27.7. The van der Waals surface area contributed by atoms with E-state index in [1.165, 1.54) is 12.8 Å². The van der Waals surface area contributed by atoms with Crippen LogP contribution >= 0.6 is 0 Å². The van der Waals surface area contributed by atoms with Crippen molar-refractivity contribution >= 4 is 12.0 Å². The Morgan fingerprint density at radius 2 is 1.71 bits per heavy atom. The summed E-state index contributed by atoms with van der Waals surface area (Å²) < 4.78 is 0. The van der Waals surface area contributed by atoms with E-state index in [2.05, 4.69) is 10.2 Å². The van der Waals surface area contributed by atoms with Crippen LogP contribution in [0.25, 0.3) is 0 Å². The number of aliphatic carboxylic acids is 1. The van der Waals surface area contributed by atoms with Crippen LogP contribution in [0.5, 0.6) is 0 Å². The van der Waals surface area contributed by atoms with Gasteiger partial charge in [0, 0.05) is 38.3 Å². The Balaban J connectivity index is 1.44. The molecule has 3 aliphatic rings. The van der Waals surface area contributed by atoms with Crippen LogP contribution in [-0.2, 0) is 4.79 Å². The molecular weight excluding hydrogens is 270 g/mol. The highest BCUT2D eigenvalue weighted by Crippen LogP contribution is 2.28. The average molecular weight is 295 g/mol. The van der Waals surface area contributed by atoms with Gasteiger partial charge < -0.3 is 15.3 Å². The van der Waals surface area contributed by atoms with Crippen LogP contribution in [0.3, 0.4) is 0 Å². The number of urea groups is 1. The molecule has 0 spiro atoms. The molecule has 1 heterocycles. The van der Waals surface area contributed by atoms with Crippen molar-refractivity contribution in [1.29, 1.82) is 0 Å². The second kappa shape index (κ2) is 6.22. The molecule has 1 aliphatic heterocycles. The maximum absolute atomic E-state index is 12.3. The summed E-state index contributed by atoms with van der Waals surface area (Å²) in [6.07, 6.45) is 5.72. The predicted molar refractivity (Wildman–Crippen MR) is 78.1 cm³/mol. The van der Waals surface area contributed by atoms with Crippen LogP contribution < -0.4 is 5.32 Å². The first-order valence-electron chi connectivity index (χ1n) is 8.16. The summed E-state index contributed by atoms with van der Waals surface area (Å²) in [5.74, 6) is -1.03.